The molecular formula is C21H19ClN2O6. The molecule has 2 heterocycles. The van der Waals surface area contributed by atoms with E-state index in [0.29, 0.717) is 53.5 Å². The van der Waals surface area contributed by atoms with Crippen molar-refractivity contribution in [2.24, 2.45) is 0 Å². The van der Waals surface area contributed by atoms with E-state index in [0.717, 1.165) is 5.69 Å². The number of methoxy groups -OCH3 is 1. The van der Waals surface area contributed by atoms with Gasteiger partial charge in [-0.1, -0.05) is 17.7 Å². The number of fused-ring (bicyclic) bond motifs is 1. The van der Waals surface area contributed by atoms with Crippen molar-refractivity contribution in [1.29, 1.82) is 0 Å². The van der Waals surface area contributed by atoms with Crippen molar-refractivity contribution in [3.05, 3.63) is 53.1 Å². The van der Waals surface area contributed by atoms with Crippen molar-refractivity contribution in [2.75, 3.05) is 38.2 Å². The lowest BCUT2D eigenvalue weighted by molar-refractivity contribution is 0.0746. The third kappa shape index (κ3) is 3.86. The summed E-state index contributed by atoms with van der Waals surface area (Å²) in [5, 5.41) is 9.76. The number of hydrogen-bond donors (Lipinski definition) is 1. The average molecular weight is 431 g/mol. The van der Waals surface area contributed by atoms with E-state index in [1.807, 2.05) is 6.07 Å². The molecule has 1 aliphatic heterocycles. The summed E-state index contributed by atoms with van der Waals surface area (Å²) in [5.41, 5.74) is 1.82. The SMILES string of the molecule is COc1cccc(C(=O)N2CCN(c3ccc4oc(OC(=O)O)cc4c3Cl)CC2)c1. The van der Waals surface area contributed by atoms with Gasteiger partial charge in [-0.15, -0.1) is 0 Å². The van der Waals surface area contributed by atoms with Crippen molar-refractivity contribution < 1.29 is 28.6 Å². The van der Waals surface area contributed by atoms with Crippen LogP contribution in [0.15, 0.2) is 46.9 Å². The molecule has 2 aromatic carbocycles. The second kappa shape index (κ2) is 8.16. The molecule has 0 saturated carbocycles. The van der Waals surface area contributed by atoms with Crippen LogP contribution in [0.1, 0.15) is 10.4 Å². The molecule has 0 radical (unpaired) electrons. The minimum Gasteiger partial charge on any atom is -0.497 e. The molecule has 9 heteroatoms. The minimum atomic E-state index is -1.46. The van der Waals surface area contributed by atoms with Crippen molar-refractivity contribution in [1.82, 2.24) is 4.90 Å². The van der Waals surface area contributed by atoms with E-state index in [9.17, 15) is 9.59 Å². The third-order valence-corrected chi connectivity index (χ3v) is 5.40. The van der Waals surface area contributed by atoms with Crippen LogP contribution in [0.25, 0.3) is 11.0 Å². The number of nitrogens with zero attached hydrogens (tertiary/aromatic N) is 2. The van der Waals surface area contributed by atoms with E-state index in [1.165, 1.54) is 6.07 Å². The fraction of sp³-hybridized carbons (Fsp3) is 0.238. The second-order valence-corrected chi connectivity index (χ2v) is 7.13. The molecule has 30 heavy (non-hydrogen) atoms. The van der Waals surface area contributed by atoms with Crippen LogP contribution >= 0.6 is 11.6 Å². The summed E-state index contributed by atoms with van der Waals surface area (Å²) in [6.07, 6.45) is -1.46. The molecule has 1 saturated heterocycles. The predicted molar refractivity (Wildman–Crippen MR) is 111 cm³/mol. The van der Waals surface area contributed by atoms with E-state index in [2.05, 4.69) is 9.64 Å². The van der Waals surface area contributed by atoms with Gasteiger partial charge in [-0.3, -0.25) is 4.79 Å². The molecule has 1 amide bonds. The molecule has 0 bridgehead atoms. The number of amides is 1. The zero-order valence-electron chi connectivity index (χ0n) is 16.1. The van der Waals surface area contributed by atoms with Gasteiger partial charge < -0.3 is 28.8 Å². The van der Waals surface area contributed by atoms with Crippen LogP contribution < -0.4 is 14.4 Å². The predicted octanol–water partition coefficient (Wildman–Crippen LogP) is 4.11. The quantitative estimate of drug-likeness (QED) is 0.622. The fourth-order valence-corrected chi connectivity index (χ4v) is 3.84. The summed E-state index contributed by atoms with van der Waals surface area (Å²) in [6, 6.07) is 12.1. The number of anilines is 1. The summed E-state index contributed by atoms with van der Waals surface area (Å²) in [7, 11) is 1.57. The highest BCUT2D eigenvalue weighted by Crippen LogP contribution is 2.37. The van der Waals surface area contributed by atoms with Gasteiger partial charge in [-0.05, 0) is 30.3 Å². The Balaban J connectivity index is 1.48. The molecule has 0 aliphatic carbocycles. The Morgan fingerprint density at radius 1 is 1.10 bits per heavy atom. The van der Waals surface area contributed by atoms with Crippen LogP contribution in [0.5, 0.6) is 11.7 Å². The number of furan rings is 1. The Morgan fingerprint density at radius 3 is 2.57 bits per heavy atom. The maximum Gasteiger partial charge on any atom is 0.513 e. The molecule has 1 fully saturated rings. The van der Waals surface area contributed by atoms with Gasteiger partial charge in [-0.2, -0.15) is 0 Å². The number of hydrogen-bond acceptors (Lipinski definition) is 6. The number of rotatable bonds is 4. The average Bonchev–Trinajstić information content (AvgIpc) is 3.16. The van der Waals surface area contributed by atoms with Crippen molar-refractivity contribution in [3.63, 3.8) is 0 Å². The zero-order valence-corrected chi connectivity index (χ0v) is 16.9. The second-order valence-electron chi connectivity index (χ2n) is 6.76. The Labute approximate surface area is 177 Å². The number of piperazine rings is 1. The van der Waals surface area contributed by atoms with Crippen molar-refractivity contribution in [2.45, 2.75) is 0 Å². The first-order valence-corrected chi connectivity index (χ1v) is 9.65. The molecule has 4 rings (SSSR count). The smallest absolute Gasteiger partial charge is 0.497 e. The summed E-state index contributed by atoms with van der Waals surface area (Å²) in [5.74, 6) is 0.469. The molecule has 156 valence electrons. The highest BCUT2D eigenvalue weighted by atomic mass is 35.5. The van der Waals surface area contributed by atoms with Crippen LogP contribution in [-0.4, -0.2) is 55.4 Å². The molecule has 1 aliphatic rings. The van der Waals surface area contributed by atoms with Crippen LogP contribution in [0, 0.1) is 0 Å². The van der Waals surface area contributed by atoms with E-state index in [1.54, 1.807) is 42.3 Å². The van der Waals surface area contributed by atoms with Gasteiger partial charge in [0.15, 0.2) is 0 Å². The first kappa shape index (κ1) is 19.9. The van der Waals surface area contributed by atoms with Gasteiger partial charge in [0.1, 0.15) is 11.3 Å². The monoisotopic (exact) mass is 430 g/mol. The van der Waals surface area contributed by atoms with E-state index in [-0.39, 0.29) is 11.9 Å². The van der Waals surface area contributed by atoms with Crippen LogP contribution in [0.3, 0.4) is 0 Å². The van der Waals surface area contributed by atoms with Crippen LogP contribution in [0.2, 0.25) is 5.02 Å². The first-order chi connectivity index (χ1) is 14.5. The lowest BCUT2D eigenvalue weighted by Crippen LogP contribution is -2.48. The van der Waals surface area contributed by atoms with Gasteiger partial charge in [0.2, 0.25) is 0 Å². The lowest BCUT2D eigenvalue weighted by Gasteiger charge is -2.36. The Bertz CT molecular complexity index is 1100. The Morgan fingerprint density at radius 2 is 1.87 bits per heavy atom. The maximum absolute atomic E-state index is 12.8. The number of carbonyl (C=O) groups excluding carboxylic acids is 1. The summed E-state index contributed by atoms with van der Waals surface area (Å²) >= 11 is 6.55. The van der Waals surface area contributed by atoms with E-state index in [4.69, 9.17) is 25.9 Å². The van der Waals surface area contributed by atoms with Gasteiger partial charge in [0, 0.05) is 43.2 Å². The molecule has 3 aromatic rings. The highest BCUT2D eigenvalue weighted by molar-refractivity contribution is 6.38. The molecule has 8 nitrogen and oxygen atoms in total. The van der Waals surface area contributed by atoms with E-state index >= 15 is 0 Å². The summed E-state index contributed by atoms with van der Waals surface area (Å²) in [4.78, 5) is 27.4. The summed E-state index contributed by atoms with van der Waals surface area (Å²) in [6.45, 7) is 2.31. The number of ether oxygens (including phenoxy) is 2. The molecule has 1 aromatic heterocycles. The maximum atomic E-state index is 12.8. The molecule has 1 N–H and O–H groups in total. The normalized spacial score (nSPS) is 14.1. The Hall–Kier alpha value is -3.39. The fourth-order valence-electron chi connectivity index (χ4n) is 3.51. The minimum absolute atomic E-state index is 0.0413. The largest absolute Gasteiger partial charge is 0.513 e. The molecule has 0 atom stereocenters. The number of benzene rings is 2. The van der Waals surface area contributed by atoms with Gasteiger partial charge >= 0.3 is 6.16 Å². The van der Waals surface area contributed by atoms with Crippen LogP contribution in [-0.2, 0) is 0 Å². The van der Waals surface area contributed by atoms with E-state index < -0.39 is 6.16 Å². The lowest BCUT2D eigenvalue weighted by atomic mass is 10.1. The van der Waals surface area contributed by atoms with Crippen LogP contribution in [0.4, 0.5) is 10.5 Å². The molecular weight excluding hydrogens is 412 g/mol. The van der Waals surface area contributed by atoms with Gasteiger partial charge in [0.25, 0.3) is 11.9 Å². The zero-order chi connectivity index (χ0) is 21.3. The summed E-state index contributed by atoms with van der Waals surface area (Å²) < 4.78 is 15.1. The highest BCUT2D eigenvalue weighted by Gasteiger charge is 2.25. The number of carboxylic acid groups (broad SMARTS) is 1. The molecule has 0 spiro atoms. The van der Waals surface area contributed by atoms with Crippen molar-refractivity contribution >= 4 is 40.3 Å². The third-order valence-electron chi connectivity index (χ3n) is 5.00. The topological polar surface area (TPSA) is 92.5 Å². The van der Waals surface area contributed by atoms with Crippen molar-refractivity contribution in [3.8, 4) is 11.7 Å². The standard InChI is InChI=1S/C21H19ClN2O6/c1-28-14-4-2-3-13(11-14)20(25)24-9-7-23(8-10-24)16-5-6-17-15(19(16)22)12-18(29-17)30-21(26)27/h2-6,11-12H,7-10H2,1H3,(H,26,27). The number of halogens is 1. The first-order valence-electron chi connectivity index (χ1n) is 9.27. The Kier molecular flexibility index (Phi) is 5.41. The molecule has 0 unspecified atom stereocenters. The van der Waals surface area contributed by atoms with Gasteiger partial charge in [0.05, 0.1) is 17.8 Å². The number of carbonyl (C=O) groups is 2. The van der Waals surface area contributed by atoms with Gasteiger partial charge in [-0.25, -0.2) is 4.79 Å².